The Labute approximate surface area is 127 Å². The minimum Gasteiger partial charge on any atom is -0.369 e. The highest BCUT2D eigenvalue weighted by atomic mass is 16.2. The summed E-state index contributed by atoms with van der Waals surface area (Å²) < 4.78 is 0. The van der Waals surface area contributed by atoms with Crippen molar-refractivity contribution in [3.63, 3.8) is 0 Å². The fraction of sp³-hybridized carbons (Fsp3) is 0.500. The summed E-state index contributed by atoms with van der Waals surface area (Å²) in [6, 6.07) is 5.61. The summed E-state index contributed by atoms with van der Waals surface area (Å²) in [4.78, 5) is 13.7. The Hall–Kier alpha value is -2.04. The molecule has 0 aliphatic rings. The van der Waals surface area contributed by atoms with Crippen LogP contribution < -0.4 is 16.0 Å². The maximum atomic E-state index is 12.4. The summed E-state index contributed by atoms with van der Waals surface area (Å²) in [5.74, 6) is -0.250. The van der Waals surface area contributed by atoms with Crippen molar-refractivity contribution in [2.75, 3.05) is 11.4 Å². The van der Waals surface area contributed by atoms with Gasteiger partial charge in [0.25, 0.3) is 0 Å². The second-order valence-corrected chi connectivity index (χ2v) is 4.94. The van der Waals surface area contributed by atoms with Crippen LogP contribution in [0.3, 0.4) is 0 Å². The molecule has 4 N–H and O–H groups in total. The summed E-state index contributed by atoms with van der Waals surface area (Å²) in [6.07, 6.45) is 3.49. The molecule has 0 aromatic heterocycles. The molecule has 0 heterocycles. The van der Waals surface area contributed by atoms with E-state index in [4.69, 9.17) is 11.1 Å². The van der Waals surface area contributed by atoms with Gasteiger partial charge in [0.15, 0.2) is 0 Å². The number of hydrogen-bond acceptors (Lipinski definition) is 2. The zero-order valence-electron chi connectivity index (χ0n) is 13.2. The number of carbonyl (C=O) groups excluding carboxylic acids is 1. The highest BCUT2D eigenvalue weighted by Gasteiger charge is 2.23. The van der Waals surface area contributed by atoms with Crippen LogP contribution in [0.15, 0.2) is 18.2 Å². The molecule has 0 fully saturated rings. The molecule has 116 valence electrons. The first kappa shape index (κ1) is 17.0. The van der Waals surface area contributed by atoms with E-state index in [1.54, 1.807) is 0 Å². The fourth-order valence-electron chi connectivity index (χ4n) is 2.28. The number of guanidine groups is 1. The minimum atomic E-state index is -0.327. The smallest absolute Gasteiger partial charge is 0.328 e. The molecule has 5 heteroatoms. The number of anilines is 1. The monoisotopic (exact) mass is 290 g/mol. The van der Waals surface area contributed by atoms with E-state index in [9.17, 15) is 4.79 Å². The van der Waals surface area contributed by atoms with Gasteiger partial charge in [0.05, 0.1) is 5.69 Å². The predicted octanol–water partition coefficient (Wildman–Crippen LogP) is 3.02. The molecule has 0 aliphatic heterocycles. The second-order valence-electron chi connectivity index (χ2n) is 4.94. The number of para-hydroxylation sites is 1. The summed E-state index contributed by atoms with van der Waals surface area (Å²) in [7, 11) is 0. The van der Waals surface area contributed by atoms with Gasteiger partial charge in [0.1, 0.15) is 0 Å². The SMILES string of the molecule is CCCCNC(=O)N(C(=N)N)c1c(CC)cccc1CC. The summed E-state index contributed by atoms with van der Waals surface area (Å²) in [5.41, 5.74) is 8.47. The first-order chi connectivity index (χ1) is 10.1. The Balaban J connectivity index is 3.16. The maximum absolute atomic E-state index is 12.4. The van der Waals surface area contributed by atoms with Crippen molar-refractivity contribution in [1.82, 2.24) is 5.32 Å². The molecule has 1 aromatic rings. The van der Waals surface area contributed by atoms with Crippen LogP contribution in [0.25, 0.3) is 0 Å². The van der Waals surface area contributed by atoms with Crippen molar-refractivity contribution in [1.29, 1.82) is 5.41 Å². The number of nitrogens with zero attached hydrogens (tertiary/aromatic N) is 1. The van der Waals surface area contributed by atoms with Crippen LogP contribution in [0, 0.1) is 5.41 Å². The van der Waals surface area contributed by atoms with E-state index in [1.165, 1.54) is 4.90 Å². The van der Waals surface area contributed by atoms with Crippen LogP contribution >= 0.6 is 0 Å². The Morgan fingerprint density at radius 2 is 1.81 bits per heavy atom. The van der Waals surface area contributed by atoms with Crippen molar-refractivity contribution < 1.29 is 4.79 Å². The van der Waals surface area contributed by atoms with Crippen molar-refractivity contribution in [2.24, 2.45) is 5.73 Å². The third-order valence-electron chi connectivity index (χ3n) is 3.44. The first-order valence-electron chi connectivity index (χ1n) is 7.59. The standard InChI is InChI=1S/C16H26N4O/c1-4-7-11-19-16(21)20(15(17)18)14-12(5-2)9-8-10-13(14)6-3/h8-10H,4-7,11H2,1-3H3,(H3,17,18)(H,19,21). The van der Waals surface area contributed by atoms with E-state index in [1.807, 2.05) is 32.0 Å². The molecule has 0 bridgehead atoms. The van der Waals surface area contributed by atoms with Gasteiger partial charge in [-0.3, -0.25) is 5.41 Å². The molecular weight excluding hydrogens is 264 g/mol. The molecule has 1 rings (SSSR count). The van der Waals surface area contributed by atoms with Gasteiger partial charge in [-0.05, 0) is 30.4 Å². The molecule has 0 unspecified atom stereocenters. The van der Waals surface area contributed by atoms with E-state index < -0.39 is 0 Å². The summed E-state index contributed by atoms with van der Waals surface area (Å²) in [5, 5.41) is 10.6. The molecule has 0 saturated carbocycles. The van der Waals surface area contributed by atoms with Crippen molar-refractivity contribution in [3.8, 4) is 0 Å². The van der Waals surface area contributed by atoms with Crippen molar-refractivity contribution >= 4 is 17.7 Å². The van der Waals surface area contributed by atoms with Gasteiger partial charge in [-0.25, -0.2) is 9.69 Å². The Morgan fingerprint density at radius 3 is 2.24 bits per heavy atom. The lowest BCUT2D eigenvalue weighted by molar-refractivity contribution is 0.248. The first-order valence-corrected chi connectivity index (χ1v) is 7.59. The Bertz CT molecular complexity index is 477. The lowest BCUT2D eigenvalue weighted by Gasteiger charge is -2.26. The van der Waals surface area contributed by atoms with Gasteiger partial charge in [-0.1, -0.05) is 45.4 Å². The average Bonchev–Trinajstić information content (AvgIpc) is 2.47. The average molecular weight is 290 g/mol. The van der Waals surface area contributed by atoms with Gasteiger partial charge in [-0.2, -0.15) is 0 Å². The van der Waals surface area contributed by atoms with E-state index in [-0.39, 0.29) is 12.0 Å². The van der Waals surface area contributed by atoms with E-state index in [0.29, 0.717) is 6.54 Å². The number of amides is 2. The lowest BCUT2D eigenvalue weighted by Crippen LogP contribution is -2.48. The number of urea groups is 1. The van der Waals surface area contributed by atoms with Crippen LogP contribution in [-0.2, 0) is 12.8 Å². The van der Waals surface area contributed by atoms with Crippen molar-refractivity contribution in [3.05, 3.63) is 29.3 Å². The lowest BCUT2D eigenvalue weighted by atomic mass is 10.0. The molecule has 0 atom stereocenters. The third kappa shape index (κ3) is 4.21. The van der Waals surface area contributed by atoms with Gasteiger partial charge >= 0.3 is 6.03 Å². The Kier molecular flexibility index (Phi) is 6.72. The highest BCUT2D eigenvalue weighted by molar-refractivity contribution is 6.14. The summed E-state index contributed by atoms with van der Waals surface area (Å²) >= 11 is 0. The molecule has 0 radical (unpaired) electrons. The Morgan fingerprint density at radius 1 is 1.24 bits per heavy atom. The third-order valence-corrected chi connectivity index (χ3v) is 3.44. The number of carbonyl (C=O) groups is 1. The number of hydrogen-bond donors (Lipinski definition) is 3. The van der Waals surface area contributed by atoms with Crippen LogP contribution in [0.1, 0.15) is 44.7 Å². The van der Waals surface area contributed by atoms with Gasteiger partial charge in [-0.15, -0.1) is 0 Å². The number of nitrogens with one attached hydrogen (secondary N) is 2. The molecule has 5 nitrogen and oxygen atoms in total. The molecule has 1 aromatic carbocycles. The zero-order valence-corrected chi connectivity index (χ0v) is 13.2. The molecule has 0 saturated heterocycles. The number of nitrogens with two attached hydrogens (primary N) is 1. The highest BCUT2D eigenvalue weighted by Crippen LogP contribution is 2.27. The second kappa shape index (κ2) is 8.29. The largest absolute Gasteiger partial charge is 0.369 e. The van der Waals surface area contributed by atoms with Crippen LogP contribution in [0.4, 0.5) is 10.5 Å². The molecular formula is C16H26N4O. The zero-order chi connectivity index (χ0) is 15.8. The number of aryl methyl sites for hydroxylation is 2. The molecule has 21 heavy (non-hydrogen) atoms. The van der Waals surface area contributed by atoms with Gasteiger partial charge in [0.2, 0.25) is 5.96 Å². The molecule has 0 aliphatic carbocycles. The minimum absolute atomic E-state index is 0.250. The molecule has 2 amide bonds. The van der Waals surface area contributed by atoms with Crippen LogP contribution in [0.5, 0.6) is 0 Å². The molecule has 0 spiro atoms. The number of rotatable bonds is 6. The van der Waals surface area contributed by atoms with E-state index >= 15 is 0 Å². The van der Waals surface area contributed by atoms with Crippen molar-refractivity contribution in [2.45, 2.75) is 46.5 Å². The quantitative estimate of drug-likeness (QED) is 0.427. The normalized spacial score (nSPS) is 10.2. The fourth-order valence-corrected chi connectivity index (χ4v) is 2.28. The number of benzene rings is 1. The topological polar surface area (TPSA) is 82.2 Å². The van der Waals surface area contributed by atoms with Crippen LogP contribution in [-0.4, -0.2) is 18.5 Å². The summed E-state index contributed by atoms with van der Waals surface area (Å²) in [6.45, 7) is 6.72. The maximum Gasteiger partial charge on any atom is 0.328 e. The number of unbranched alkanes of at least 4 members (excludes halogenated alkanes) is 1. The van der Waals surface area contributed by atoms with E-state index in [0.717, 1.165) is 42.5 Å². The van der Waals surface area contributed by atoms with Crippen LogP contribution in [0.2, 0.25) is 0 Å². The predicted molar refractivity (Wildman–Crippen MR) is 87.9 cm³/mol. The van der Waals surface area contributed by atoms with E-state index in [2.05, 4.69) is 12.2 Å². The van der Waals surface area contributed by atoms with Gasteiger partial charge < -0.3 is 11.1 Å². The van der Waals surface area contributed by atoms with Gasteiger partial charge in [0, 0.05) is 6.54 Å².